The quantitative estimate of drug-likeness (QED) is 0.473. The van der Waals surface area contributed by atoms with Gasteiger partial charge in [0.1, 0.15) is 12.6 Å². The normalized spacial score (nSPS) is 12.5. The lowest BCUT2D eigenvalue weighted by Gasteiger charge is -2.09. The van der Waals surface area contributed by atoms with Gasteiger partial charge in [-0.2, -0.15) is 0 Å². The zero-order chi connectivity index (χ0) is 10.8. The van der Waals surface area contributed by atoms with Crippen LogP contribution < -0.4 is 5.73 Å². The Morgan fingerprint density at radius 2 is 2.00 bits per heavy atom. The molecule has 1 atom stereocenters. The summed E-state index contributed by atoms with van der Waals surface area (Å²) in [7, 11) is 0. The van der Waals surface area contributed by atoms with E-state index in [4.69, 9.17) is 15.2 Å². The van der Waals surface area contributed by atoms with Crippen molar-refractivity contribution in [2.75, 3.05) is 19.8 Å². The van der Waals surface area contributed by atoms with Gasteiger partial charge in [0, 0.05) is 6.61 Å². The molecule has 0 saturated carbocycles. The topological polar surface area (TPSA) is 61.5 Å². The third-order valence-corrected chi connectivity index (χ3v) is 1.86. The van der Waals surface area contributed by atoms with Crippen molar-refractivity contribution >= 4 is 5.97 Å². The summed E-state index contributed by atoms with van der Waals surface area (Å²) in [6.45, 7) is 5.44. The number of hydrogen-bond acceptors (Lipinski definition) is 4. The number of hydrogen-bond donors (Lipinski definition) is 1. The zero-order valence-electron chi connectivity index (χ0n) is 9.12. The molecule has 14 heavy (non-hydrogen) atoms. The predicted molar refractivity (Wildman–Crippen MR) is 55.0 cm³/mol. The average Bonchev–Trinajstić information content (AvgIpc) is 2.21. The Kier molecular flexibility index (Phi) is 8.57. The highest BCUT2D eigenvalue weighted by molar-refractivity contribution is 5.75. The van der Waals surface area contributed by atoms with E-state index >= 15 is 0 Å². The van der Waals surface area contributed by atoms with Gasteiger partial charge in [0.05, 0.1) is 6.61 Å². The van der Waals surface area contributed by atoms with Crippen molar-refractivity contribution in [2.45, 2.75) is 39.2 Å². The van der Waals surface area contributed by atoms with Gasteiger partial charge < -0.3 is 15.2 Å². The monoisotopic (exact) mass is 203 g/mol. The van der Waals surface area contributed by atoms with Crippen molar-refractivity contribution in [2.24, 2.45) is 5.73 Å². The first-order chi connectivity index (χ1) is 6.72. The van der Waals surface area contributed by atoms with Crippen LogP contribution in [-0.4, -0.2) is 31.8 Å². The third kappa shape index (κ3) is 6.86. The lowest BCUT2D eigenvalue weighted by atomic mass is 10.2. The molecule has 0 radical (unpaired) electrons. The number of unbranched alkanes of at least 4 members (excludes halogenated alkanes) is 1. The maximum atomic E-state index is 11.1. The molecular formula is C10H21NO3. The molecule has 0 fully saturated rings. The molecule has 84 valence electrons. The number of carbonyl (C=O) groups is 1. The molecule has 4 heteroatoms. The molecule has 0 saturated heterocycles. The maximum absolute atomic E-state index is 11.1. The molecule has 0 aliphatic heterocycles. The van der Waals surface area contributed by atoms with Crippen molar-refractivity contribution in [3.8, 4) is 0 Å². The van der Waals surface area contributed by atoms with Crippen molar-refractivity contribution in [1.82, 2.24) is 0 Å². The first-order valence-electron chi connectivity index (χ1n) is 5.22. The summed E-state index contributed by atoms with van der Waals surface area (Å²) in [6, 6.07) is -0.495. The van der Waals surface area contributed by atoms with Crippen LogP contribution >= 0.6 is 0 Å². The van der Waals surface area contributed by atoms with Gasteiger partial charge in [0.25, 0.3) is 0 Å². The molecular weight excluding hydrogens is 182 g/mol. The lowest BCUT2D eigenvalue weighted by Crippen LogP contribution is -2.32. The minimum Gasteiger partial charge on any atom is -0.462 e. The summed E-state index contributed by atoms with van der Waals surface area (Å²) in [5.41, 5.74) is 5.46. The van der Waals surface area contributed by atoms with Crippen LogP contribution in [0.15, 0.2) is 0 Å². The molecule has 0 aromatic heterocycles. The third-order valence-electron chi connectivity index (χ3n) is 1.86. The van der Waals surface area contributed by atoms with E-state index < -0.39 is 6.04 Å². The molecule has 0 aromatic rings. The summed E-state index contributed by atoms with van der Waals surface area (Å²) in [6.07, 6.45) is 2.76. The van der Waals surface area contributed by atoms with E-state index in [1.54, 1.807) is 0 Å². The van der Waals surface area contributed by atoms with Crippen LogP contribution in [0.1, 0.15) is 33.1 Å². The fraction of sp³-hybridized carbons (Fsp3) is 0.900. The molecule has 2 N–H and O–H groups in total. The SMILES string of the molecule is CCCCOCCOC(=O)[C@H](N)CC. The van der Waals surface area contributed by atoms with Gasteiger partial charge in [-0.1, -0.05) is 20.3 Å². The molecule has 0 aromatic carbocycles. The number of ether oxygens (including phenoxy) is 2. The summed E-state index contributed by atoms with van der Waals surface area (Å²) in [5, 5.41) is 0. The molecule has 0 aliphatic rings. The van der Waals surface area contributed by atoms with Crippen LogP contribution in [0.25, 0.3) is 0 Å². The average molecular weight is 203 g/mol. The van der Waals surface area contributed by atoms with E-state index in [0.29, 0.717) is 19.6 Å². The minimum atomic E-state index is -0.495. The highest BCUT2D eigenvalue weighted by Crippen LogP contribution is 1.92. The summed E-state index contributed by atoms with van der Waals surface area (Å²) < 4.78 is 10.1. The summed E-state index contributed by atoms with van der Waals surface area (Å²) in [4.78, 5) is 11.1. The summed E-state index contributed by atoms with van der Waals surface area (Å²) in [5.74, 6) is -0.341. The number of esters is 1. The maximum Gasteiger partial charge on any atom is 0.322 e. The minimum absolute atomic E-state index is 0.302. The van der Waals surface area contributed by atoms with E-state index in [9.17, 15) is 4.79 Å². The van der Waals surface area contributed by atoms with Crippen LogP contribution in [0.2, 0.25) is 0 Å². The van der Waals surface area contributed by atoms with Crippen LogP contribution in [0.4, 0.5) is 0 Å². The molecule has 0 bridgehead atoms. The standard InChI is InChI=1S/C10H21NO3/c1-3-5-6-13-7-8-14-10(12)9(11)4-2/h9H,3-8,11H2,1-2H3/t9-/m1/s1. The van der Waals surface area contributed by atoms with Gasteiger partial charge in [0.15, 0.2) is 0 Å². The van der Waals surface area contributed by atoms with Gasteiger partial charge in [-0.3, -0.25) is 4.79 Å². The number of carbonyl (C=O) groups excluding carboxylic acids is 1. The molecule has 4 nitrogen and oxygen atoms in total. The Balaban J connectivity index is 3.23. The van der Waals surface area contributed by atoms with E-state index in [1.165, 1.54) is 0 Å². The second-order valence-corrected chi connectivity index (χ2v) is 3.15. The van der Waals surface area contributed by atoms with Gasteiger partial charge in [0.2, 0.25) is 0 Å². The Hall–Kier alpha value is -0.610. The second-order valence-electron chi connectivity index (χ2n) is 3.15. The lowest BCUT2D eigenvalue weighted by molar-refractivity contribution is -0.146. The largest absolute Gasteiger partial charge is 0.462 e. The van der Waals surface area contributed by atoms with Crippen LogP contribution in [0.3, 0.4) is 0 Å². The molecule has 0 amide bonds. The predicted octanol–water partition coefficient (Wildman–Crippen LogP) is 1.08. The second kappa shape index (κ2) is 8.97. The van der Waals surface area contributed by atoms with Crippen LogP contribution in [0.5, 0.6) is 0 Å². The zero-order valence-corrected chi connectivity index (χ0v) is 9.12. The first kappa shape index (κ1) is 13.4. The van der Waals surface area contributed by atoms with E-state index in [1.807, 2.05) is 6.92 Å². The van der Waals surface area contributed by atoms with Crippen LogP contribution in [0, 0.1) is 0 Å². The molecule has 0 rings (SSSR count). The Morgan fingerprint density at radius 3 is 2.57 bits per heavy atom. The van der Waals surface area contributed by atoms with Crippen LogP contribution in [-0.2, 0) is 14.3 Å². The Morgan fingerprint density at radius 1 is 1.29 bits per heavy atom. The fourth-order valence-corrected chi connectivity index (χ4v) is 0.823. The van der Waals surface area contributed by atoms with E-state index in [0.717, 1.165) is 19.4 Å². The van der Waals surface area contributed by atoms with Gasteiger partial charge in [-0.15, -0.1) is 0 Å². The van der Waals surface area contributed by atoms with Crippen molar-refractivity contribution in [1.29, 1.82) is 0 Å². The smallest absolute Gasteiger partial charge is 0.322 e. The van der Waals surface area contributed by atoms with E-state index in [2.05, 4.69) is 6.92 Å². The highest BCUT2D eigenvalue weighted by atomic mass is 16.6. The van der Waals surface area contributed by atoms with Crippen molar-refractivity contribution in [3.63, 3.8) is 0 Å². The van der Waals surface area contributed by atoms with Crippen molar-refractivity contribution < 1.29 is 14.3 Å². The van der Waals surface area contributed by atoms with Gasteiger partial charge in [-0.25, -0.2) is 0 Å². The molecule has 0 aliphatic carbocycles. The molecule has 0 spiro atoms. The first-order valence-corrected chi connectivity index (χ1v) is 5.22. The number of rotatable bonds is 8. The Bertz CT molecular complexity index is 150. The van der Waals surface area contributed by atoms with Gasteiger partial charge in [-0.05, 0) is 12.8 Å². The van der Waals surface area contributed by atoms with Crippen molar-refractivity contribution in [3.05, 3.63) is 0 Å². The Labute approximate surface area is 85.8 Å². The highest BCUT2D eigenvalue weighted by Gasteiger charge is 2.11. The molecule has 0 heterocycles. The van der Waals surface area contributed by atoms with E-state index in [-0.39, 0.29) is 5.97 Å². The number of nitrogens with two attached hydrogens (primary N) is 1. The molecule has 0 unspecified atom stereocenters. The fourth-order valence-electron chi connectivity index (χ4n) is 0.823. The van der Waals surface area contributed by atoms with Gasteiger partial charge >= 0.3 is 5.97 Å². The summed E-state index contributed by atoms with van der Waals surface area (Å²) >= 11 is 0.